The van der Waals surface area contributed by atoms with Gasteiger partial charge >= 0.3 is 0 Å². The molecule has 0 saturated carbocycles. The lowest BCUT2D eigenvalue weighted by molar-refractivity contribution is -0.129. The molecule has 3 heterocycles. The van der Waals surface area contributed by atoms with Crippen LogP contribution in [-0.4, -0.2) is 28.8 Å². The van der Waals surface area contributed by atoms with Gasteiger partial charge in [0, 0.05) is 36.1 Å². The molecule has 0 saturated heterocycles. The number of carbonyl (C=O) groups is 1. The number of aliphatic imine (C=N–C) groups is 1. The SMILES string of the molecule is CN1C(=O)C2(N=C1N)c1ccccc1Oc1ccc(-c3cncc(C#N)c3)cc12. The van der Waals surface area contributed by atoms with E-state index in [0.29, 0.717) is 28.2 Å². The molecule has 5 rings (SSSR count). The number of carbonyl (C=O) groups excluding carboxylic acids is 1. The normalized spacial score (nSPS) is 19.2. The molecule has 7 heteroatoms. The van der Waals surface area contributed by atoms with Crippen LogP contribution in [0, 0.1) is 11.3 Å². The van der Waals surface area contributed by atoms with Gasteiger partial charge in [0.15, 0.2) is 5.96 Å². The van der Waals surface area contributed by atoms with Crippen molar-refractivity contribution < 1.29 is 9.53 Å². The van der Waals surface area contributed by atoms with Gasteiger partial charge in [0.1, 0.15) is 17.6 Å². The van der Waals surface area contributed by atoms with Crippen LogP contribution in [0.25, 0.3) is 11.1 Å². The summed E-state index contributed by atoms with van der Waals surface area (Å²) in [5, 5.41) is 9.18. The second-order valence-corrected chi connectivity index (χ2v) is 6.93. The fourth-order valence-corrected chi connectivity index (χ4v) is 3.85. The first-order valence-electron chi connectivity index (χ1n) is 8.95. The molecule has 2 aliphatic rings. The molecule has 0 bridgehead atoms. The van der Waals surface area contributed by atoms with E-state index in [1.807, 2.05) is 36.4 Å². The molecule has 2 N–H and O–H groups in total. The first kappa shape index (κ1) is 17.0. The van der Waals surface area contributed by atoms with E-state index in [9.17, 15) is 10.1 Å². The average molecular weight is 381 g/mol. The third-order valence-corrected chi connectivity index (χ3v) is 5.31. The van der Waals surface area contributed by atoms with Crippen LogP contribution in [0.4, 0.5) is 0 Å². The molecule has 140 valence electrons. The summed E-state index contributed by atoms with van der Waals surface area (Å²) in [6.07, 6.45) is 3.18. The quantitative estimate of drug-likeness (QED) is 0.698. The van der Waals surface area contributed by atoms with E-state index >= 15 is 0 Å². The Labute approximate surface area is 166 Å². The molecule has 2 aliphatic heterocycles. The number of rotatable bonds is 1. The van der Waals surface area contributed by atoms with Crippen molar-refractivity contribution in [3.63, 3.8) is 0 Å². The van der Waals surface area contributed by atoms with Crippen LogP contribution in [0.1, 0.15) is 16.7 Å². The largest absolute Gasteiger partial charge is 0.457 e. The predicted molar refractivity (Wildman–Crippen MR) is 106 cm³/mol. The Morgan fingerprint density at radius 2 is 1.86 bits per heavy atom. The van der Waals surface area contributed by atoms with Gasteiger partial charge in [-0.25, -0.2) is 4.99 Å². The smallest absolute Gasteiger partial charge is 0.266 e. The maximum atomic E-state index is 13.4. The van der Waals surface area contributed by atoms with Crippen LogP contribution in [0.3, 0.4) is 0 Å². The van der Waals surface area contributed by atoms with Crippen molar-refractivity contribution in [2.75, 3.05) is 7.05 Å². The molecule has 1 atom stereocenters. The number of nitrogens with two attached hydrogens (primary N) is 1. The maximum Gasteiger partial charge on any atom is 0.266 e. The number of nitrogens with zero attached hydrogens (tertiary/aromatic N) is 4. The van der Waals surface area contributed by atoms with Crippen LogP contribution in [0.5, 0.6) is 11.5 Å². The van der Waals surface area contributed by atoms with Crippen LogP contribution in [0.15, 0.2) is 65.9 Å². The van der Waals surface area contributed by atoms with E-state index in [1.54, 1.807) is 25.4 Å². The summed E-state index contributed by atoms with van der Waals surface area (Å²) in [5.41, 5.74) is 8.00. The average Bonchev–Trinajstić information content (AvgIpc) is 2.98. The zero-order valence-corrected chi connectivity index (χ0v) is 15.5. The summed E-state index contributed by atoms with van der Waals surface area (Å²) < 4.78 is 6.07. The third-order valence-electron chi connectivity index (χ3n) is 5.31. The van der Waals surface area contributed by atoms with Crippen LogP contribution >= 0.6 is 0 Å². The lowest BCUT2D eigenvalue weighted by Crippen LogP contribution is -2.42. The summed E-state index contributed by atoms with van der Waals surface area (Å²) in [5.74, 6) is 1.02. The van der Waals surface area contributed by atoms with Gasteiger partial charge < -0.3 is 10.5 Å². The summed E-state index contributed by atoms with van der Waals surface area (Å²) >= 11 is 0. The Morgan fingerprint density at radius 1 is 1.07 bits per heavy atom. The topological polar surface area (TPSA) is 105 Å². The highest BCUT2D eigenvalue weighted by molar-refractivity contribution is 6.10. The van der Waals surface area contributed by atoms with Crippen molar-refractivity contribution >= 4 is 11.9 Å². The highest BCUT2D eigenvalue weighted by atomic mass is 16.5. The van der Waals surface area contributed by atoms with E-state index in [0.717, 1.165) is 11.1 Å². The van der Waals surface area contributed by atoms with Crippen molar-refractivity contribution in [2.24, 2.45) is 10.7 Å². The number of nitriles is 1. The number of ether oxygens (including phenoxy) is 1. The molecule has 1 aromatic heterocycles. The number of aromatic nitrogens is 1. The molecular weight excluding hydrogens is 366 g/mol. The van der Waals surface area contributed by atoms with Crippen molar-refractivity contribution in [3.8, 4) is 28.7 Å². The summed E-state index contributed by atoms with van der Waals surface area (Å²) in [6.45, 7) is 0. The number of fused-ring (bicyclic) bond motifs is 4. The van der Waals surface area contributed by atoms with Crippen molar-refractivity contribution in [2.45, 2.75) is 5.54 Å². The first-order valence-corrected chi connectivity index (χ1v) is 8.95. The number of benzene rings is 2. The van der Waals surface area contributed by atoms with E-state index in [4.69, 9.17) is 10.5 Å². The molecule has 0 aliphatic carbocycles. The Bertz CT molecular complexity index is 1260. The molecule has 7 nitrogen and oxygen atoms in total. The number of hydrogen-bond acceptors (Lipinski definition) is 6. The number of likely N-dealkylation sites (N-methyl/N-ethyl adjacent to an activating group) is 1. The molecular formula is C22H15N5O2. The minimum atomic E-state index is -1.31. The van der Waals surface area contributed by atoms with E-state index in [2.05, 4.69) is 16.0 Å². The van der Waals surface area contributed by atoms with Gasteiger partial charge in [-0.05, 0) is 29.8 Å². The van der Waals surface area contributed by atoms with Crippen molar-refractivity contribution in [3.05, 3.63) is 77.6 Å². The highest BCUT2D eigenvalue weighted by Gasteiger charge is 2.54. The Hall–Kier alpha value is -4.18. The van der Waals surface area contributed by atoms with Crippen LogP contribution in [0.2, 0.25) is 0 Å². The zero-order valence-electron chi connectivity index (χ0n) is 15.5. The summed E-state index contributed by atoms with van der Waals surface area (Å²) in [6, 6.07) is 16.7. The number of amides is 1. The van der Waals surface area contributed by atoms with E-state index in [-0.39, 0.29) is 11.9 Å². The second kappa shape index (κ2) is 5.91. The molecule has 2 aromatic carbocycles. The van der Waals surface area contributed by atoms with Gasteiger partial charge in [-0.3, -0.25) is 14.7 Å². The van der Waals surface area contributed by atoms with Gasteiger partial charge in [0.25, 0.3) is 5.91 Å². The number of pyridine rings is 1. The van der Waals surface area contributed by atoms with Gasteiger partial charge in [-0.1, -0.05) is 24.3 Å². The van der Waals surface area contributed by atoms with Crippen LogP contribution < -0.4 is 10.5 Å². The first-order chi connectivity index (χ1) is 14.0. The second-order valence-electron chi connectivity index (χ2n) is 6.93. The lowest BCUT2D eigenvalue weighted by atomic mass is 9.79. The zero-order chi connectivity index (χ0) is 20.2. The third kappa shape index (κ3) is 2.26. The molecule has 1 spiro atoms. The lowest BCUT2D eigenvalue weighted by Gasteiger charge is -2.33. The van der Waals surface area contributed by atoms with Gasteiger partial charge in [0.2, 0.25) is 5.54 Å². The van der Waals surface area contributed by atoms with Crippen molar-refractivity contribution in [1.29, 1.82) is 5.26 Å². The number of hydrogen-bond donors (Lipinski definition) is 1. The van der Waals surface area contributed by atoms with Gasteiger partial charge in [-0.15, -0.1) is 0 Å². The molecule has 1 amide bonds. The minimum Gasteiger partial charge on any atom is -0.457 e. The molecule has 3 aromatic rings. The van der Waals surface area contributed by atoms with Crippen LogP contribution in [-0.2, 0) is 10.3 Å². The monoisotopic (exact) mass is 381 g/mol. The summed E-state index contributed by atoms with van der Waals surface area (Å²) in [4.78, 5) is 23.5. The Morgan fingerprint density at radius 3 is 2.62 bits per heavy atom. The minimum absolute atomic E-state index is 0.149. The number of para-hydroxylation sites is 1. The predicted octanol–water partition coefficient (Wildman–Crippen LogP) is 2.76. The van der Waals surface area contributed by atoms with E-state index < -0.39 is 5.54 Å². The van der Waals surface area contributed by atoms with Crippen molar-refractivity contribution in [1.82, 2.24) is 9.88 Å². The van der Waals surface area contributed by atoms with E-state index in [1.165, 1.54) is 11.1 Å². The molecule has 1 unspecified atom stereocenters. The standard InChI is InChI=1S/C22H15N5O2/c1-27-20(28)22(26-21(27)24)16-4-2-3-5-18(16)29-19-7-6-14(9-17(19)22)15-8-13(10-23)11-25-12-15/h2-9,11-12H,1H3,(H2,24,26). The highest BCUT2D eigenvalue weighted by Crippen LogP contribution is 2.52. The number of guanidine groups is 1. The summed E-state index contributed by atoms with van der Waals surface area (Å²) in [7, 11) is 1.61. The molecule has 0 fully saturated rings. The fourth-order valence-electron chi connectivity index (χ4n) is 3.85. The van der Waals surface area contributed by atoms with Gasteiger partial charge in [-0.2, -0.15) is 5.26 Å². The maximum absolute atomic E-state index is 13.4. The molecule has 0 radical (unpaired) electrons. The molecule has 29 heavy (non-hydrogen) atoms. The van der Waals surface area contributed by atoms with Gasteiger partial charge in [0.05, 0.1) is 5.56 Å². The Kier molecular flexibility index (Phi) is 3.45. The Balaban J connectivity index is 1.78. The fraction of sp³-hybridized carbons (Fsp3) is 0.0909.